The van der Waals surface area contributed by atoms with Crippen LogP contribution in [0, 0.1) is 11.8 Å². The summed E-state index contributed by atoms with van der Waals surface area (Å²) >= 11 is 0. The van der Waals surface area contributed by atoms with E-state index in [0.29, 0.717) is 40.0 Å². The third kappa shape index (κ3) is 5.22. The molecule has 7 unspecified atom stereocenters. The second kappa shape index (κ2) is 12.6. The van der Waals surface area contributed by atoms with Crippen molar-refractivity contribution in [1.82, 2.24) is 10.6 Å². The average Bonchev–Trinajstić information content (AvgIpc) is 3.20. The van der Waals surface area contributed by atoms with Crippen molar-refractivity contribution >= 4 is 35.5 Å². The molecule has 9 nitrogen and oxygen atoms in total. The lowest BCUT2D eigenvalue weighted by atomic mass is 9.69. The number of ether oxygens (including phenoxy) is 2. The van der Waals surface area contributed by atoms with Gasteiger partial charge in [-0.3, -0.25) is 14.4 Å². The molecule has 3 N–H and O–H groups in total. The molecule has 5 heterocycles. The molecule has 0 saturated heterocycles. The normalized spacial score (nSPS) is 28.4. The van der Waals surface area contributed by atoms with E-state index < -0.39 is 47.7 Å². The first-order valence-electron chi connectivity index (χ1n) is 18.4. The minimum absolute atomic E-state index is 0.0649. The molecular weight excluding hydrogens is 679 g/mol. The smallest absolute Gasteiger partial charge is 0.338 e. The number of rotatable bonds is 4. The molecule has 0 spiro atoms. The van der Waals surface area contributed by atoms with Crippen LogP contribution in [-0.2, 0) is 25.5 Å². The van der Waals surface area contributed by atoms with Gasteiger partial charge in [0.15, 0.2) is 0 Å². The van der Waals surface area contributed by atoms with E-state index in [1.165, 1.54) is 0 Å². The van der Waals surface area contributed by atoms with Crippen LogP contribution in [0.1, 0.15) is 67.7 Å². The number of allylic oxidation sites excluding steroid dienone is 5. The number of esters is 2. The second-order valence-electron chi connectivity index (χ2n) is 14.6. The third-order valence-electron chi connectivity index (χ3n) is 11.6. The first kappa shape index (κ1) is 32.2. The summed E-state index contributed by atoms with van der Waals surface area (Å²) in [5, 5.41) is 10.1. The minimum atomic E-state index is -0.803. The van der Waals surface area contributed by atoms with E-state index in [4.69, 9.17) is 9.47 Å². The summed E-state index contributed by atoms with van der Waals surface area (Å²) in [6.07, 6.45) is 23.8. The lowest BCUT2D eigenvalue weighted by Gasteiger charge is -2.40. The van der Waals surface area contributed by atoms with Gasteiger partial charge in [0.25, 0.3) is 0 Å². The zero-order valence-electron chi connectivity index (χ0n) is 29.0. The lowest BCUT2D eigenvalue weighted by Crippen LogP contribution is -2.45. The number of hydrogen-bond acceptors (Lipinski definition) is 7. The highest BCUT2D eigenvalue weighted by Crippen LogP contribution is 2.49. The Morgan fingerprint density at radius 3 is 2.31 bits per heavy atom. The first-order chi connectivity index (χ1) is 26.4. The molecule has 0 saturated carbocycles. The molecule has 7 atom stereocenters. The molecule has 0 bridgehead atoms. The molecule has 2 amide bonds. The van der Waals surface area contributed by atoms with Crippen LogP contribution in [0.3, 0.4) is 0 Å². The van der Waals surface area contributed by atoms with E-state index in [1.54, 1.807) is 6.07 Å². The predicted molar refractivity (Wildman–Crippen MR) is 202 cm³/mol. The zero-order chi connectivity index (χ0) is 36.5. The van der Waals surface area contributed by atoms with E-state index in [1.807, 2.05) is 121 Å². The topological polar surface area (TPSA) is 123 Å². The fourth-order valence-electron chi connectivity index (χ4n) is 9.02. The van der Waals surface area contributed by atoms with Crippen LogP contribution in [-0.4, -0.2) is 36.4 Å². The molecule has 0 radical (unpaired) electrons. The van der Waals surface area contributed by atoms with Gasteiger partial charge in [-0.15, -0.1) is 0 Å². The van der Waals surface area contributed by atoms with Crippen LogP contribution in [0.15, 0.2) is 133 Å². The average molecular weight is 714 g/mol. The van der Waals surface area contributed by atoms with Crippen molar-refractivity contribution < 1.29 is 28.7 Å². The number of para-hydroxylation sites is 2. The summed E-state index contributed by atoms with van der Waals surface area (Å²) in [5.74, 6) is -3.44. The Labute approximate surface area is 311 Å². The Bertz CT molecular complexity index is 2410. The molecule has 54 heavy (non-hydrogen) atoms. The molecule has 266 valence electrons. The highest BCUT2D eigenvalue weighted by molar-refractivity contribution is 5.97. The van der Waals surface area contributed by atoms with E-state index in [0.717, 1.165) is 28.0 Å². The van der Waals surface area contributed by atoms with Gasteiger partial charge in [-0.1, -0.05) is 109 Å². The van der Waals surface area contributed by atoms with Crippen molar-refractivity contribution in [2.24, 2.45) is 11.8 Å². The van der Waals surface area contributed by atoms with Crippen LogP contribution in [0.4, 0.5) is 5.69 Å². The summed E-state index contributed by atoms with van der Waals surface area (Å²) in [4.78, 5) is 56.4. The molecule has 5 aliphatic heterocycles. The predicted octanol–water partition coefficient (Wildman–Crippen LogP) is 6.37. The number of cyclic esters (lactones) is 1. The molecule has 0 fully saturated rings. The van der Waals surface area contributed by atoms with Gasteiger partial charge in [-0.25, -0.2) is 4.79 Å². The van der Waals surface area contributed by atoms with Crippen LogP contribution < -0.4 is 20.7 Å². The van der Waals surface area contributed by atoms with Gasteiger partial charge in [0.1, 0.15) is 5.75 Å². The number of nitrogens with one attached hydrogen (secondary N) is 3. The SMILES string of the molecule is O=C1OCC(C2Cc3ccccc3OC2=O)c2c1cc(C1C=Cc3ccccc3N1)c(C1C=C3C=CC=CC3NC1=O)c2C1C=C2C=CC=CC2C(=O)N1. The van der Waals surface area contributed by atoms with Crippen molar-refractivity contribution in [1.29, 1.82) is 0 Å². The summed E-state index contributed by atoms with van der Waals surface area (Å²) < 4.78 is 11.8. The van der Waals surface area contributed by atoms with Crippen LogP contribution in [0.25, 0.3) is 6.08 Å². The Kier molecular flexibility index (Phi) is 7.50. The van der Waals surface area contributed by atoms with Crippen LogP contribution in [0.2, 0.25) is 0 Å². The van der Waals surface area contributed by atoms with Crippen LogP contribution >= 0.6 is 0 Å². The molecule has 9 heteroatoms. The second-order valence-corrected chi connectivity index (χ2v) is 14.6. The molecule has 2 aliphatic carbocycles. The zero-order valence-corrected chi connectivity index (χ0v) is 29.0. The molecule has 3 aromatic rings. The molecule has 3 aromatic carbocycles. The van der Waals surface area contributed by atoms with Gasteiger partial charge in [0.05, 0.1) is 48.0 Å². The monoisotopic (exact) mass is 713 g/mol. The van der Waals surface area contributed by atoms with Crippen LogP contribution in [0.5, 0.6) is 5.75 Å². The number of anilines is 1. The van der Waals surface area contributed by atoms with Crippen molar-refractivity contribution in [3.8, 4) is 5.75 Å². The number of fused-ring (bicyclic) bond motifs is 5. The minimum Gasteiger partial charge on any atom is -0.461 e. The summed E-state index contributed by atoms with van der Waals surface area (Å²) in [7, 11) is 0. The van der Waals surface area contributed by atoms with E-state index in [9.17, 15) is 19.2 Å². The van der Waals surface area contributed by atoms with Crippen molar-refractivity contribution in [3.05, 3.63) is 172 Å². The maximum Gasteiger partial charge on any atom is 0.338 e. The Hall–Kier alpha value is -6.48. The van der Waals surface area contributed by atoms with Gasteiger partial charge >= 0.3 is 11.9 Å². The highest BCUT2D eigenvalue weighted by Gasteiger charge is 2.46. The fraction of sp³-hybridized carbons (Fsp3) is 0.200. The third-order valence-corrected chi connectivity index (χ3v) is 11.6. The molecular formula is C45H35N3O6. The van der Waals surface area contributed by atoms with Gasteiger partial charge in [0, 0.05) is 11.6 Å². The number of benzene rings is 3. The van der Waals surface area contributed by atoms with E-state index in [-0.39, 0.29) is 24.5 Å². The molecule has 7 aliphatic rings. The number of carbonyl (C=O) groups excluding carboxylic acids is 4. The van der Waals surface area contributed by atoms with E-state index in [2.05, 4.69) is 16.0 Å². The number of carbonyl (C=O) groups is 4. The maximum atomic E-state index is 14.5. The molecule has 10 rings (SSSR count). The number of hydrogen-bond donors (Lipinski definition) is 3. The Morgan fingerprint density at radius 1 is 0.630 bits per heavy atom. The Balaban J connectivity index is 1.25. The maximum absolute atomic E-state index is 14.5. The largest absolute Gasteiger partial charge is 0.461 e. The van der Waals surface area contributed by atoms with Gasteiger partial charge in [0.2, 0.25) is 11.8 Å². The van der Waals surface area contributed by atoms with Crippen molar-refractivity contribution in [2.45, 2.75) is 36.4 Å². The van der Waals surface area contributed by atoms with Gasteiger partial charge in [-0.2, -0.15) is 0 Å². The van der Waals surface area contributed by atoms with Gasteiger partial charge < -0.3 is 25.4 Å². The van der Waals surface area contributed by atoms with Crippen molar-refractivity contribution in [2.75, 3.05) is 11.9 Å². The number of amides is 2. The van der Waals surface area contributed by atoms with Crippen molar-refractivity contribution in [3.63, 3.8) is 0 Å². The summed E-state index contributed by atoms with van der Waals surface area (Å²) in [6, 6.07) is 15.8. The summed E-state index contributed by atoms with van der Waals surface area (Å²) in [5.41, 5.74) is 7.42. The lowest BCUT2D eigenvalue weighted by molar-refractivity contribution is -0.141. The Morgan fingerprint density at radius 2 is 1.41 bits per heavy atom. The van der Waals surface area contributed by atoms with E-state index >= 15 is 0 Å². The standard InChI is InChI=1S/C45H35N3O6/c49-42-28-13-5-1-10-25(28)21-37(48-42)41-39(31-19-26-11-3-7-15-35(26)47-43(31)50)30(36-18-17-24-9-2-6-14-34(24)46-36)22-32-40(41)33(23-53-44(32)51)29-20-27-12-4-8-16-38(27)54-45(29)52/h1-19,21-22,28-29,31,33,35-37,46H,20,23H2,(H,47,50)(H,48,49). The molecule has 0 aromatic heterocycles. The van der Waals surface area contributed by atoms with Gasteiger partial charge in [-0.05, 0) is 69.1 Å². The first-order valence-corrected chi connectivity index (χ1v) is 18.4. The summed E-state index contributed by atoms with van der Waals surface area (Å²) in [6.45, 7) is -0.0649. The quantitative estimate of drug-likeness (QED) is 0.212. The fourth-order valence-corrected chi connectivity index (χ4v) is 9.02. The highest BCUT2D eigenvalue weighted by atomic mass is 16.5.